The molecule has 2 aliphatic rings. The number of hydrogen-bond donors (Lipinski definition) is 2. The maximum Gasteiger partial charge on any atom is 0.401 e. The van der Waals surface area contributed by atoms with Gasteiger partial charge >= 0.3 is 6.18 Å². The van der Waals surface area contributed by atoms with Gasteiger partial charge in [-0.1, -0.05) is 0 Å². The number of rotatable bonds is 3. The first kappa shape index (κ1) is 15.5. The number of piperidine rings is 1. The van der Waals surface area contributed by atoms with Crippen molar-refractivity contribution in [1.82, 2.24) is 15.5 Å². The number of likely N-dealkylation sites (tertiary alicyclic amines) is 1. The van der Waals surface area contributed by atoms with Crippen LogP contribution in [0.1, 0.15) is 12.8 Å². The van der Waals surface area contributed by atoms with E-state index in [1.807, 2.05) is 0 Å². The van der Waals surface area contributed by atoms with E-state index in [2.05, 4.69) is 10.6 Å². The smallest absolute Gasteiger partial charge is 0.378 e. The van der Waals surface area contributed by atoms with Gasteiger partial charge in [0.1, 0.15) is 6.04 Å². The van der Waals surface area contributed by atoms with Crippen molar-refractivity contribution in [1.29, 1.82) is 0 Å². The predicted molar refractivity (Wildman–Crippen MR) is 66.3 cm³/mol. The maximum absolute atomic E-state index is 12.3. The van der Waals surface area contributed by atoms with Crippen molar-refractivity contribution in [3.05, 3.63) is 0 Å². The Bertz CT molecular complexity index is 324. The molecule has 5 nitrogen and oxygen atoms in total. The van der Waals surface area contributed by atoms with E-state index in [4.69, 9.17) is 4.74 Å². The third kappa shape index (κ3) is 4.92. The number of morpholine rings is 1. The molecule has 2 rings (SSSR count). The highest BCUT2D eigenvalue weighted by Gasteiger charge is 2.33. The standard InChI is InChI=1S/C12H20F3N3O2/c13-12(14,15)8-18-4-1-9(2-5-18)17-11(19)10-7-20-6-3-16-10/h9-10,16H,1-8H2,(H,17,19). The van der Waals surface area contributed by atoms with Crippen molar-refractivity contribution in [3.63, 3.8) is 0 Å². The van der Waals surface area contributed by atoms with Crippen LogP contribution in [0.3, 0.4) is 0 Å². The number of ether oxygens (including phenoxy) is 1. The summed E-state index contributed by atoms with van der Waals surface area (Å²) in [4.78, 5) is 13.3. The van der Waals surface area contributed by atoms with E-state index in [1.165, 1.54) is 4.90 Å². The molecule has 116 valence electrons. The van der Waals surface area contributed by atoms with Crippen LogP contribution in [0.2, 0.25) is 0 Å². The molecule has 2 aliphatic heterocycles. The van der Waals surface area contributed by atoms with Gasteiger partial charge in [-0.3, -0.25) is 9.69 Å². The molecule has 2 saturated heterocycles. The van der Waals surface area contributed by atoms with Crippen LogP contribution in [-0.4, -0.2) is 68.5 Å². The van der Waals surface area contributed by atoms with Gasteiger partial charge in [0.2, 0.25) is 5.91 Å². The first-order chi connectivity index (χ1) is 9.44. The highest BCUT2D eigenvalue weighted by Crippen LogP contribution is 2.19. The fourth-order valence-electron chi connectivity index (χ4n) is 2.52. The number of nitrogens with zero attached hydrogens (tertiary/aromatic N) is 1. The zero-order valence-corrected chi connectivity index (χ0v) is 11.2. The van der Waals surface area contributed by atoms with Crippen molar-refractivity contribution in [2.75, 3.05) is 39.4 Å². The average Bonchev–Trinajstić information content (AvgIpc) is 2.40. The zero-order chi connectivity index (χ0) is 14.6. The summed E-state index contributed by atoms with van der Waals surface area (Å²) in [5.41, 5.74) is 0. The molecule has 2 fully saturated rings. The highest BCUT2D eigenvalue weighted by molar-refractivity contribution is 5.82. The van der Waals surface area contributed by atoms with E-state index in [9.17, 15) is 18.0 Å². The lowest BCUT2D eigenvalue weighted by Crippen LogP contribution is -2.55. The van der Waals surface area contributed by atoms with E-state index in [-0.39, 0.29) is 18.0 Å². The number of hydrogen-bond acceptors (Lipinski definition) is 4. The van der Waals surface area contributed by atoms with Crippen LogP contribution in [0.4, 0.5) is 13.2 Å². The summed E-state index contributed by atoms with van der Waals surface area (Å²) < 4.78 is 42.0. The normalized spacial score (nSPS) is 26.4. The lowest BCUT2D eigenvalue weighted by atomic mass is 10.0. The number of halogens is 3. The molecule has 0 aromatic heterocycles. The van der Waals surface area contributed by atoms with E-state index >= 15 is 0 Å². The Morgan fingerprint density at radius 3 is 2.60 bits per heavy atom. The average molecular weight is 295 g/mol. The summed E-state index contributed by atoms with van der Waals surface area (Å²) in [6.07, 6.45) is -3.05. The van der Waals surface area contributed by atoms with Gasteiger partial charge in [-0.2, -0.15) is 13.2 Å². The number of nitrogens with one attached hydrogen (secondary N) is 2. The van der Waals surface area contributed by atoms with Crippen molar-refractivity contribution < 1.29 is 22.7 Å². The van der Waals surface area contributed by atoms with Gasteiger partial charge in [-0.05, 0) is 12.8 Å². The number of carbonyl (C=O) groups is 1. The van der Waals surface area contributed by atoms with Crippen LogP contribution in [0.5, 0.6) is 0 Å². The molecule has 8 heteroatoms. The molecule has 0 aliphatic carbocycles. The Kier molecular flexibility index (Phi) is 5.22. The minimum absolute atomic E-state index is 0.0456. The Labute approximate surface area is 115 Å². The predicted octanol–water partition coefficient (Wildman–Crippen LogP) is 0.118. The molecule has 20 heavy (non-hydrogen) atoms. The van der Waals surface area contributed by atoms with Crippen LogP contribution in [-0.2, 0) is 9.53 Å². The van der Waals surface area contributed by atoms with Crippen LogP contribution in [0, 0.1) is 0 Å². The Morgan fingerprint density at radius 1 is 1.35 bits per heavy atom. The maximum atomic E-state index is 12.3. The molecule has 2 heterocycles. The van der Waals surface area contributed by atoms with E-state index < -0.39 is 12.7 Å². The van der Waals surface area contributed by atoms with Crippen LogP contribution < -0.4 is 10.6 Å². The summed E-state index contributed by atoms with van der Waals surface area (Å²) >= 11 is 0. The van der Waals surface area contributed by atoms with Gasteiger partial charge in [0, 0.05) is 25.7 Å². The van der Waals surface area contributed by atoms with Gasteiger partial charge in [0.25, 0.3) is 0 Å². The third-order valence-electron chi connectivity index (χ3n) is 3.57. The van der Waals surface area contributed by atoms with Crippen molar-refractivity contribution >= 4 is 5.91 Å². The summed E-state index contributed by atoms with van der Waals surface area (Å²) in [5, 5.41) is 5.93. The second kappa shape index (κ2) is 6.73. The molecule has 0 bridgehead atoms. The fraction of sp³-hybridized carbons (Fsp3) is 0.917. The summed E-state index contributed by atoms with van der Waals surface area (Å²) in [7, 11) is 0. The number of carbonyl (C=O) groups excluding carboxylic acids is 1. The summed E-state index contributed by atoms with van der Waals surface area (Å²) in [5.74, 6) is -0.126. The molecule has 1 amide bonds. The largest absolute Gasteiger partial charge is 0.401 e. The zero-order valence-electron chi connectivity index (χ0n) is 11.2. The Balaban J connectivity index is 1.70. The molecule has 2 N–H and O–H groups in total. The van der Waals surface area contributed by atoms with Gasteiger partial charge < -0.3 is 15.4 Å². The molecule has 1 unspecified atom stereocenters. The molecule has 0 aromatic carbocycles. The van der Waals surface area contributed by atoms with Gasteiger partial charge in [-0.15, -0.1) is 0 Å². The highest BCUT2D eigenvalue weighted by atomic mass is 19.4. The summed E-state index contributed by atoms with van der Waals surface area (Å²) in [6.45, 7) is 1.43. The molecule has 0 spiro atoms. The quantitative estimate of drug-likeness (QED) is 0.776. The summed E-state index contributed by atoms with van der Waals surface area (Å²) in [6, 6.07) is -0.396. The van der Waals surface area contributed by atoms with Crippen LogP contribution in [0.15, 0.2) is 0 Å². The van der Waals surface area contributed by atoms with E-state index in [0.717, 1.165) is 0 Å². The molecule has 0 saturated carbocycles. The lowest BCUT2D eigenvalue weighted by Gasteiger charge is -2.33. The Morgan fingerprint density at radius 2 is 2.05 bits per heavy atom. The van der Waals surface area contributed by atoms with Crippen LogP contribution in [0.25, 0.3) is 0 Å². The van der Waals surface area contributed by atoms with Crippen molar-refractivity contribution in [2.45, 2.75) is 31.1 Å². The third-order valence-corrected chi connectivity index (χ3v) is 3.57. The molecule has 0 aromatic rings. The van der Waals surface area contributed by atoms with Gasteiger partial charge in [0.05, 0.1) is 19.8 Å². The molecular formula is C12H20F3N3O2. The first-order valence-corrected chi connectivity index (χ1v) is 6.84. The minimum atomic E-state index is -4.15. The Hall–Kier alpha value is -0.860. The number of amides is 1. The van der Waals surface area contributed by atoms with Crippen molar-refractivity contribution in [3.8, 4) is 0 Å². The fourth-order valence-corrected chi connectivity index (χ4v) is 2.52. The molecule has 1 atom stereocenters. The van der Waals surface area contributed by atoms with E-state index in [0.29, 0.717) is 45.7 Å². The second-order valence-electron chi connectivity index (χ2n) is 5.26. The van der Waals surface area contributed by atoms with E-state index in [1.54, 1.807) is 0 Å². The minimum Gasteiger partial charge on any atom is -0.378 e. The van der Waals surface area contributed by atoms with Crippen LogP contribution >= 0.6 is 0 Å². The molecular weight excluding hydrogens is 275 g/mol. The monoisotopic (exact) mass is 295 g/mol. The van der Waals surface area contributed by atoms with Gasteiger partial charge in [-0.25, -0.2) is 0 Å². The molecule has 0 radical (unpaired) electrons. The lowest BCUT2D eigenvalue weighted by molar-refractivity contribution is -0.148. The van der Waals surface area contributed by atoms with Crippen molar-refractivity contribution in [2.24, 2.45) is 0 Å². The second-order valence-corrected chi connectivity index (χ2v) is 5.26. The topological polar surface area (TPSA) is 53.6 Å². The number of alkyl halides is 3. The van der Waals surface area contributed by atoms with Gasteiger partial charge in [0.15, 0.2) is 0 Å². The first-order valence-electron chi connectivity index (χ1n) is 6.84. The SMILES string of the molecule is O=C(NC1CCN(CC(F)(F)F)CC1)C1COCCN1.